The predicted molar refractivity (Wildman–Crippen MR) is 204 cm³/mol. The summed E-state index contributed by atoms with van der Waals surface area (Å²) in [5.41, 5.74) is 2.66. The van der Waals surface area contributed by atoms with Gasteiger partial charge in [0.25, 0.3) is 6.47 Å². The van der Waals surface area contributed by atoms with Crippen LogP contribution in [0.15, 0.2) is 108 Å². The van der Waals surface area contributed by atoms with E-state index in [0.717, 1.165) is 5.56 Å². The van der Waals surface area contributed by atoms with Crippen molar-refractivity contribution in [3.8, 4) is 23.6 Å². The molecule has 0 N–H and O–H groups in total. The lowest BCUT2D eigenvalue weighted by Crippen LogP contribution is -2.36. The third-order valence-electron chi connectivity index (χ3n) is 9.04. The Morgan fingerprint density at radius 2 is 1.10 bits per heavy atom. The van der Waals surface area contributed by atoms with Crippen molar-refractivity contribution in [3.05, 3.63) is 142 Å². The van der Waals surface area contributed by atoms with Crippen molar-refractivity contribution >= 4 is 42.5 Å². The van der Waals surface area contributed by atoms with Gasteiger partial charge < -0.3 is 37.9 Å². The standard InChI is InChI=1S/C44H34N2O13/c1-52-41(48)31-10-4-30(5-11-31)23-54-35-14-6-27(7-15-35)18-33(20-45)43(50)58-37-24-55-40-38(25-56-39(37)40)59-44(51)34(21-46)19-28-8-16-36(17-9-28)57-42(49)32-12-2-29(3-13-32)22-53-26-47/h2-19,26,37-40H,22-25H2,1H3/b33-18+,34-19+/t37-,38+,39-,40-/m1/s1. The highest BCUT2D eigenvalue weighted by molar-refractivity contribution is 5.99. The van der Waals surface area contributed by atoms with Gasteiger partial charge in [0.1, 0.15) is 60.2 Å². The normalized spacial score (nSPS) is 18.3. The van der Waals surface area contributed by atoms with E-state index >= 15 is 0 Å². The van der Waals surface area contributed by atoms with Crippen LogP contribution >= 0.6 is 0 Å². The molecule has 0 unspecified atom stereocenters. The van der Waals surface area contributed by atoms with Gasteiger partial charge in [-0.3, -0.25) is 4.79 Å². The topological polar surface area (TPSA) is 207 Å². The van der Waals surface area contributed by atoms with E-state index in [9.17, 15) is 34.5 Å². The molecule has 0 aromatic heterocycles. The second-order valence-corrected chi connectivity index (χ2v) is 12.9. The third-order valence-corrected chi connectivity index (χ3v) is 9.04. The molecule has 0 amide bonds. The summed E-state index contributed by atoms with van der Waals surface area (Å²) < 4.78 is 43.3. The molecule has 59 heavy (non-hydrogen) atoms. The number of hydrogen-bond donors (Lipinski definition) is 0. The fourth-order valence-electron chi connectivity index (χ4n) is 5.99. The van der Waals surface area contributed by atoms with Crippen molar-refractivity contribution in [2.75, 3.05) is 20.3 Å². The van der Waals surface area contributed by atoms with Crippen molar-refractivity contribution in [1.29, 1.82) is 10.5 Å². The SMILES string of the molecule is COC(=O)c1ccc(COc2ccc(/C=C(\C#N)C(=O)O[C@@H]3CO[C@H]4[C@@H]3OC[C@@H]4OC(=O)/C(C#N)=C/c3ccc(OC(=O)c4ccc(COC=O)cc4)cc3)cc2)cc1. The molecular weight excluding hydrogens is 764 g/mol. The lowest BCUT2D eigenvalue weighted by molar-refractivity contribution is -0.150. The van der Waals surface area contributed by atoms with Crippen LogP contribution in [0.25, 0.3) is 12.2 Å². The van der Waals surface area contributed by atoms with Gasteiger partial charge in [0.15, 0.2) is 12.2 Å². The molecule has 4 aromatic rings. The fourth-order valence-corrected chi connectivity index (χ4v) is 5.99. The van der Waals surface area contributed by atoms with Crippen LogP contribution in [0, 0.1) is 22.7 Å². The molecule has 0 aliphatic carbocycles. The van der Waals surface area contributed by atoms with Crippen LogP contribution in [0.3, 0.4) is 0 Å². The minimum atomic E-state index is -0.927. The van der Waals surface area contributed by atoms with Gasteiger partial charge in [0, 0.05) is 0 Å². The first-order valence-corrected chi connectivity index (χ1v) is 17.9. The maximum atomic E-state index is 13.0. The molecule has 0 spiro atoms. The van der Waals surface area contributed by atoms with Gasteiger partial charge in [-0.2, -0.15) is 10.5 Å². The average Bonchev–Trinajstić information content (AvgIpc) is 3.86. The number of rotatable bonds is 15. The molecule has 4 aromatic carbocycles. The maximum absolute atomic E-state index is 13.0. The number of carbonyl (C=O) groups is 5. The summed E-state index contributed by atoms with van der Waals surface area (Å²) in [5, 5.41) is 19.5. The molecule has 0 saturated carbocycles. The number of benzene rings is 4. The van der Waals surface area contributed by atoms with E-state index < -0.39 is 48.3 Å². The van der Waals surface area contributed by atoms with Gasteiger partial charge in [0.05, 0.1) is 31.5 Å². The van der Waals surface area contributed by atoms with Gasteiger partial charge in [-0.15, -0.1) is 0 Å². The number of nitrogens with zero attached hydrogens (tertiary/aromatic N) is 2. The van der Waals surface area contributed by atoms with Crippen LogP contribution in [-0.2, 0) is 56.0 Å². The number of nitriles is 2. The Hall–Kier alpha value is -7.59. The van der Waals surface area contributed by atoms with Crippen LogP contribution in [0.4, 0.5) is 0 Å². The number of fused-ring (bicyclic) bond motifs is 1. The molecule has 4 atom stereocenters. The average molecular weight is 799 g/mol. The highest BCUT2D eigenvalue weighted by Gasteiger charge is 2.51. The first-order chi connectivity index (χ1) is 28.7. The zero-order valence-corrected chi connectivity index (χ0v) is 31.3. The molecule has 2 aliphatic rings. The monoisotopic (exact) mass is 798 g/mol. The number of ether oxygens (including phenoxy) is 8. The lowest BCUT2D eigenvalue weighted by Gasteiger charge is -2.17. The maximum Gasteiger partial charge on any atom is 0.349 e. The summed E-state index contributed by atoms with van der Waals surface area (Å²) in [6, 6.07) is 29.6. The highest BCUT2D eigenvalue weighted by Crippen LogP contribution is 2.32. The molecule has 2 aliphatic heterocycles. The minimum absolute atomic E-state index is 0.0780. The van der Waals surface area contributed by atoms with E-state index in [1.165, 1.54) is 43.5 Å². The van der Waals surface area contributed by atoms with E-state index in [1.54, 1.807) is 72.8 Å². The van der Waals surface area contributed by atoms with E-state index in [2.05, 4.69) is 0 Å². The van der Waals surface area contributed by atoms with E-state index in [-0.39, 0.29) is 48.9 Å². The molecule has 2 heterocycles. The molecular formula is C44H34N2O13. The number of methoxy groups -OCH3 is 1. The summed E-state index contributed by atoms with van der Waals surface area (Å²) >= 11 is 0. The van der Waals surface area contributed by atoms with Gasteiger partial charge in [-0.1, -0.05) is 48.5 Å². The van der Waals surface area contributed by atoms with Crippen LogP contribution in [-0.4, -0.2) is 75.1 Å². The van der Waals surface area contributed by atoms with Gasteiger partial charge in [-0.05, 0) is 82.9 Å². The third kappa shape index (κ3) is 10.6. The van der Waals surface area contributed by atoms with E-state index in [1.807, 2.05) is 12.1 Å². The van der Waals surface area contributed by atoms with Gasteiger partial charge in [0.2, 0.25) is 0 Å². The Morgan fingerprint density at radius 3 is 1.56 bits per heavy atom. The van der Waals surface area contributed by atoms with Crippen LogP contribution < -0.4 is 9.47 Å². The Bertz CT molecular complexity index is 2320. The van der Waals surface area contributed by atoms with Crippen LogP contribution in [0.2, 0.25) is 0 Å². The second-order valence-electron chi connectivity index (χ2n) is 12.9. The lowest BCUT2D eigenvalue weighted by atomic mass is 10.1. The molecule has 2 saturated heterocycles. The summed E-state index contributed by atoms with van der Waals surface area (Å²) in [5.74, 6) is -2.10. The molecule has 15 nitrogen and oxygen atoms in total. The van der Waals surface area contributed by atoms with Gasteiger partial charge >= 0.3 is 23.9 Å². The van der Waals surface area contributed by atoms with E-state index in [4.69, 9.17) is 37.9 Å². The fraction of sp³-hybridized carbons (Fsp3) is 0.205. The molecule has 298 valence electrons. The first kappa shape index (κ1) is 41.1. The molecule has 15 heteroatoms. The minimum Gasteiger partial charge on any atom is -0.489 e. The smallest absolute Gasteiger partial charge is 0.349 e. The second kappa shape index (κ2) is 19.5. The zero-order valence-electron chi connectivity index (χ0n) is 31.3. The van der Waals surface area contributed by atoms with Crippen LogP contribution in [0.5, 0.6) is 11.5 Å². The Labute approximate surface area is 337 Å². The van der Waals surface area contributed by atoms with Crippen molar-refractivity contribution in [1.82, 2.24) is 0 Å². The largest absolute Gasteiger partial charge is 0.489 e. The Morgan fingerprint density at radius 1 is 0.644 bits per heavy atom. The van der Waals surface area contributed by atoms with Crippen molar-refractivity contribution in [2.45, 2.75) is 37.6 Å². The number of carbonyl (C=O) groups excluding carboxylic acids is 5. The molecule has 2 fully saturated rings. The van der Waals surface area contributed by atoms with Crippen molar-refractivity contribution in [2.24, 2.45) is 0 Å². The summed E-state index contributed by atoms with van der Waals surface area (Å²) in [6.07, 6.45) is -0.703. The number of hydrogen-bond acceptors (Lipinski definition) is 15. The number of esters is 4. The zero-order chi connectivity index (χ0) is 41.7. The Kier molecular flexibility index (Phi) is 13.6. The Balaban J connectivity index is 0.980. The summed E-state index contributed by atoms with van der Waals surface area (Å²) in [7, 11) is 1.31. The summed E-state index contributed by atoms with van der Waals surface area (Å²) in [4.78, 5) is 60.6. The predicted octanol–water partition coefficient (Wildman–Crippen LogP) is 5.08. The first-order valence-electron chi connectivity index (χ1n) is 17.9. The van der Waals surface area contributed by atoms with Crippen molar-refractivity contribution < 1.29 is 61.9 Å². The quantitative estimate of drug-likeness (QED) is 0.0384. The molecule has 6 rings (SSSR count). The van der Waals surface area contributed by atoms with Crippen molar-refractivity contribution in [3.63, 3.8) is 0 Å². The highest BCUT2D eigenvalue weighted by atomic mass is 16.7. The van der Waals surface area contributed by atoms with Gasteiger partial charge in [-0.25, -0.2) is 19.2 Å². The molecule has 0 bridgehead atoms. The summed E-state index contributed by atoms with van der Waals surface area (Å²) in [6.45, 7) is 0.491. The van der Waals surface area contributed by atoms with Crippen LogP contribution in [0.1, 0.15) is 43.0 Å². The van der Waals surface area contributed by atoms with E-state index in [0.29, 0.717) is 34.5 Å². The molecule has 0 radical (unpaired) electrons.